The second-order valence-electron chi connectivity index (χ2n) is 8.26. The summed E-state index contributed by atoms with van der Waals surface area (Å²) in [5.74, 6) is -0.192. The first-order valence-corrected chi connectivity index (χ1v) is 12.0. The van der Waals surface area contributed by atoms with Crippen LogP contribution in [-0.4, -0.2) is 48.9 Å². The van der Waals surface area contributed by atoms with Gasteiger partial charge in [-0.3, -0.25) is 24.6 Å². The van der Waals surface area contributed by atoms with E-state index in [4.69, 9.17) is 4.74 Å². The topological polar surface area (TPSA) is 87.7 Å². The molecule has 0 radical (unpaired) electrons. The quantitative estimate of drug-likeness (QED) is 0.674. The number of fused-ring (bicyclic) bond motifs is 1. The van der Waals surface area contributed by atoms with Gasteiger partial charge in [-0.25, -0.2) is 0 Å². The third-order valence-electron chi connectivity index (χ3n) is 5.91. The van der Waals surface area contributed by atoms with E-state index in [-0.39, 0.29) is 19.1 Å². The van der Waals surface area contributed by atoms with Crippen LogP contribution in [-0.2, 0) is 40.3 Å². The molecule has 0 bridgehead atoms. The van der Waals surface area contributed by atoms with Crippen LogP contribution in [0.15, 0.2) is 29.6 Å². The summed E-state index contributed by atoms with van der Waals surface area (Å²) in [6, 6.07) is 8.98. The van der Waals surface area contributed by atoms with Crippen LogP contribution in [0, 0.1) is 0 Å². The highest BCUT2D eigenvalue weighted by Gasteiger charge is 2.23. The fourth-order valence-corrected chi connectivity index (χ4v) is 5.11. The average Bonchev–Trinajstić information content (AvgIpc) is 3.37. The van der Waals surface area contributed by atoms with Crippen LogP contribution >= 0.6 is 11.3 Å². The van der Waals surface area contributed by atoms with E-state index in [9.17, 15) is 14.4 Å². The standard InChI is InChI=1S/C19H22N2O2S.C5H7NO2.H2/c22-19-17-13-24-18(16(17)11-20-19)6-5-14-1-3-15(4-2-14)12-21-7-9-23-10-8-21;7-4-2-1-3-5(8)6-4;/h1-4,13H,5-12H2,(H,20,22);1-3H2,(H,6,7,8);1H. The minimum Gasteiger partial charge on any atom is -0.379 e. The smallest absolute Gasteiger partial charge is 0.252 e. The van der Waals surface area contributed by atoms with E-state index in [1.807, 2.05) is 5.38 Å². The number of nitrogens with zero attached hydrogens (tertiary/aromatic N) is 1. The number of nitrogens with one attached hydrogen (secondary N) is 2. The number of imide groups is 1. The molecule has 0 spiro atoms. The maximum atomic E-state index is 11.6. The van der Waals surface area contributed by atoms with E-state index in [2.05, 4.69) is 39.8 Å². The van der Waals surface area contributed by atoms with Crippen molar-refractivity contribution in [1.29, 1.82) is 0 Å². The summed E-state index contributed by atoms with van der Waals surface area (Å²) in [4.78, 5) is 36.1. The molecule has 3 amide bonds. The van der Waals surface area contributed by atoms with Crippen LogP contribution in [0.4, 0.5) is 0 Å². The Bertz CT molecular complexity index is 957. The lowest BCUT2D eigenvalue weighted by atomic mass is 10.0. The van der Waals surface area contributed by atoms with E-state index in [1.54, 1.807) is 11.3 Å². The molecule has 0 atom stereocenters. The zero-order chi connectivity index (χ0) is 22.3. The van der Waals surface area contributed by atoms with Crippen molar-refractivity contribution < 1.29 is 20.5 Å². The molecular weight excluding hydrogens is 426 g/mol. The lowest BCUT2D eigenvalue weighted by Crippen LogP contribution is -2.35. The highest BCUT2D eigenvalue weighted by atomic mass is 32.1. The van der Waals surface area contributed by atoms with Crippen LogP contribution in [0.2, 0.25) is 0 Å². The molecule has 3 aliphatic rings. The highest BCUT2D eigenvalue weighted by molar-refractivity contribution is 7.10. The largest absolute Gasteiger partial charge is 0.379 e. The molecule has 2 N–H and O–H groups in total. The zero-order valence-corrected chi connectivity index (χ0v) is 19.0. The molecule has 0 unspecified atom stereocenters. The number of carbonyl (C=O) groups excluding carboxylic acids is 3. The van der Waals surface area contributed by atoms with Crippen molar-refractivity contribution in [1.82, 2.24) is 15.5 Å². The molecule has 8 heteroatoms. The second kappa shape index (κ2) is 10.8. The van der Waals surface area contributed by atoms with E-state index < -0.39 is 0 Å². The molecule has 1 aromatic heterocycles. The number of piperidine rings is 1. The van der Waals surface area contributed by atoms with Gasteiger partial charge in [0.15, 0.2) is 0 Å². The molecule has 2 aromatic rings. The predicted molar refractivity (Wildman–Crippen MR) is 125 cm³/mol. The van der Waals surface area contributed by atoms with Crippen molar-refractivity contribution in [3.05, 3.63) is 56.8 Å². The Morgan fingerprint density at radius 1 is 0.969 bits per heavy atom. The van der Waals surface area contributed by atoms with Gasteiger partial charge >= 0.3 is 0 Å². The number of carbonyl (C=O) groups is 3. The van der Waals surface area contributed by atoms with Crippen molar-refractivity contribution >= 4 is 29.1 Å². The fourth-order valence-electron chi connectivity index (χ4n) is 4.06. The number of rotatable bonds is 5. The molecule has 2 saturated heterocycles. The monoisotopic (exact) mass is 457 g/mol. The minimum atomic E-state index is -0.138. The average molecular weight is 458 g/mol. The van der Waals surface area contributed by atoms with Crippen molar-refractivity contribution in [2.45, 2.75) is 45.2 Å². The molecule has 7 nitrogen and oxygen atoms in total. The van der Waals surface area contributed by atoms with Crippen LogP contribution in [0.25, 0.3) is 0 Å². The number of morpholine rings is 1. The number of amides is 3. The van der Waals surface area contributed by atoms with Crippen LogP contribution < -0.4 is 10.6 Å². The number of aryl methyl sites for hydroxylation is 2. The summed E-state index contributed by atoms with van der Waals surface area (Å²) < 4.78 is 5.40. The summed E-state index contributed by atoms with van der Waals surface area (Å²) in [5, 5.41) is 7.10. The predicted octanol–water partition coefficient (Wildman–Crippen LogP) is 2.67. The molecule has 2 fully saturated rings. The Labute approximate surface area is 193 Å². The summed E-state index contributed by atoms with van der Waals surface area (Å²) in [6.45, 7) is 5.46. The Morgan fingerprint density at radius 2 is 1.66 bits per heavy atom. The third-order valence-corrected chi connectivity index (χ3v) is 7.00. The van der Waals surface area contributed by atoms with Gasteiger partial charge < -0.3 is 10.1 Å². The van der Waals surface area contributed by atoms with Crippen LogP contribution in [0.5, 0.6) is 0 Å². The van der Waals surface area contributed by atoms with Gasteiger partial charge in [0.05, 0.1) is 18.8 Å². The highest BCUT2D eigenvalue weighted by Crippen LogP contribution is 2.27. The number of thiophene rings is 1. The fraction of sp³-hybridized carbons (Fsp3) is 0.458. The van der Waals surface area contributed by atoms with Gasteiger partial charge in [0.25, 0.3) is 5.91 Å². The maximum Gasteiger partial charge on any atom is 0.252 e. The molecule has 0 saturated carbocycles. The lowest BCUT2D eigenvalue weighted by Gasteiger charge is -2.26. The molecular formula is C24H31N3O4S. The van der Waals surface area contributed by atoms with Gasteiger partial charge in [-0.1, -0.05) is 24.3 Å². The normalized spacial score (nSPS) is 18.4. The van der Waals surface area contributed by atoms with Gasteiger partial charge in [-0.2, -0.15) is 0 Å². The Hall–Kier alpha value is -2.55. The number of hydrogen-bond acceptors (Lipinski definition) is 6. The maximum absolute atomic E-state index is 11.6. The Morgan fingerprint density at radius 3 is 2.31 bits per heavy atom. The van der Waals surface area contributed by atoms with E-state index in [0.29, 0.717) is 25.8 Å². The molecule has 0 aliphatic carbocycles. The molecule has 172 valence electrons. The van der Waals surface area contributed by atoms with Gasteiger partial charge in [0, 0.05) is 50.7 Å². The van der Waals surface area contributed by atoms with E-state index in [0.717, 1.165) is 51.3 Å². The Balaban J connectivity index is 0.000000290. The van der Waals surface area contributed by atoms with Crippen molar-refractivity contribution in [2.24, 2.45) is 0 Å². The summed E-state index contributed by atoms with van der Waals surface area (Å²) >= 11 is 1.72. The first-order valence-electron chi connectivity index (χ1n) is 11.2. The summed E-state index contributed by atoms with van der Waals surface area (Å²) in [5.41, 5.74) is 4.83. The first-order chi connectivity index (χ1) is 15.6. The molecule has 32 heavy (non-hydrogen) atoms. The van der Waals surface area contributed by atoms with E-state index in [1.165, 1.54) is 21.6 Å². The molecule has 4 heterocycles. The number of ether oxygens (including phenoxy) is 1. The van der Waals surface area contributed by atoms with Crippen LogP contribution in [0.1, 0.15) is 52.6 Å². The molecule has 1 aromatic carbocycles. The van der Waals surface area contributed by atoms with Gasteiger partial charge in [0.2, 0.25) is 11.8 Å². The molecule has 5 rings (SSSR count). The van der Waals surface area contributed by atoms with Crippen molar-refractivity contribution in [2.75, 3.05) is 26.3 Å². The Kier molecular flexibility index (Phi) is 7.68. The number of benzene rings is 1. The van der Waals surface area contributed by atoms with Gasteiger partial charge in [-0.05, 0) is 36.0 Å². The molecule has 3 aliphatic heterocycles. The van der Waals surface area contributed by atoms with Crippen molar-refractivity contribution in [3.63, 3.8) is 0 Å². The van der Waals surface area contributed by atoms with Gasteiger partial charge in [0.1, 0.15) is 0 Å². The third kappa shape index (κ3) is 6.03. The summed E-state index contributed by atoms with van der Waals surface area (Å²) in [7, 11) is 0. The first kappa shape index (κ1) is 22.6. The van der Waals surface area contributed by atoms with Crippen molar-refractivity contribution in [3.8, 4) is 0 Å². The van der Waals surface area contributed by atoms with E-state index >= 15 is 0 Å². The summed E-state index contributed by atoms with van der Waals surface area (Å²) in [6.07, 6.45) is 3.76. The van der Waals surface area contributed by atoms with Gasteiger partial charge in [-0.15, -0.1) is 11.3 Å². The zero-order valence-electron chi connectivity index (χ0n) is 18.2. The SMILES string of the molecule is O=C1CCCC(=O)N1.O=C1NCc2c1csc2CCc1ccc(CN2CCOCC2)cc1.[HH]. The van der Waals surface area contributed by atoms with Crippen LogP contribution in [0.3, 0.4) is 0 Å². The lowest BCUT2D eigenvalue weighted by molar-refractivity contribution is -0.132. The second-order valence-corrected chi connectivity index (χ2v) is 9.23. The minimum absolute atomic E-state index is 0. The number of hydrogen-bond donors (Lipinski definition) is 2.